The van der Waals surface area contributed by atoms with Crippen LogP contribution in [0.3, 0.4) is 0 Å². The molecule has 1 aromatic rings. The fourth-order valence-corrected chi connectivity index (χ4v) is 1.91. The molecule has 0 spiro atoms. The Bertz CT molecular complexity index is 390. The Balaban J connectivity index is 2.31. The largest absolute Gasteiger partial charge is 0.481 e. The molecular weight excluding hydrogens is 231 g/mol. The van der Waals surface area contributed by atoms with Crippen molar-refractivity contribution in [3.8, 4) is 0 Å². The zero-order valence-corrected chi connectivity index (χ0v) is 11.0. The lowest BCUT2D eigenvalue weighted by Gasteiger charge is -2.13. The highest BCUT2D eigenvalue weighted by molar-refractivity contribution is 5.69. The topological polar surface area (TPSA) is 37.3 Å². The van der Waals surface area contributed by atoms with E-state index in [1.165, 1.54) is 6.07 Å². The average Bonchev–Trinajstić information content (AvgIpc) is 2.34. The first-order valence-electron chi connectivity index (χ1n) is 6.47. The van der Waals surface area contributed by atoms with Crippen LogP contribution in [0, 0.1) is 17.7 Å². The number of benzene rings is 1. The number of carboxylic acid groups (broad SMARTS) is 1. The van der Waals surface area contributed by atoms with Gasteiger partial charge in [-0.2, -0.15) is 0 Å². The Morgan fingerprint density at radius 2 is 1.89 bits per heavy atom. The lowest BCUT2D eigenvalue weighted by molar-refractivity contribution is -0.141. The van der Waals surface area contributed by atoms with Gasteiger partial charge in [0, 0.05) is 0 Å². The summed E-state index contributed by atoms with van der Waals surface area (Å²) in [5.74, 6) is -0.757. The van der Waals surface area contributed by atoms with Crippen molar-refractivity contribution in [3.63, 3.8) is 0 Å². The number of aliphatic carboxylic acids is 1. The molecule has 0 amide bonds. The standard InChI is InChI=1S/C15H21FO2/c1-11(7-9-12(2)15(17)18)8-10-13-5-3-4-6-14(13)16/h3-6,11-12H,7-10H2,1-2H3,(H,17,18). The van der Waals surface area contributed by atoms with Gasteiger partial charge in [-0.05, 0) is 43.2 Å². The first-order valence-corrected chi connectivity index (χ1v) is 6.47. The summed E-state index contributed by atoms with van der Waals surface area (Å²) >= 11 is 0. The number of halogens is 1. The van der Waals surface area contributed by atoms with E-state index in [2.05, 4.69) is 6.92 Å². The molecule has 0 fully saturated rings. The first-order chi connectivity index (χ1) is 8.50. The minimum atomic E-state index is -0.740. The minimum Gasteiger partial charge on any atom is -0.481 e. The van der Waals surface area contributed by atoms with Gasteiger partial charge in [0.05, 0.1) is 5.92 Å². The van der Waals surface area contributed by atoms with Crippen LogP contribution in [0.15, 0.2) is 24.3 Å². The number of carbonyl (C=O) groups is 1. The highest BCUT2D eigenvalue weighted by Crippen LogP contribution is 2.19. The Kier molecular flexibility index (Phi) is 5.83. The van der Waals surface area contributed by atoms with Gasteiger partial charge in [-0.3, -0.25) is 4.79 Å². The number of hydrogen-bond donors (Lipinski definition) is 1. The van der Waals surface area contributed by atoms with Gasteiger partial charge in [0.25, 0.3) is 0 Å². The quantitative estimate of drug-likeness (QED) is 0.799. The smallest absolute Gasteiger partial charge is 0.306 e. The lowest BCUT2D eigenvalue weighted by atomic mass is 9.93. The van der Waals surface area contributed by atoms with Crippen molar-refractivity contribution in [2.75, 3.05) is 0 Å². The molecule has 100 valence electrons. The van der Waals surface area contributed by atoms with Crippen molar-refractivity contribution in [2.45, 2.75) is 39.5 Å². The second-order valence-electron chi connectivity index (χ2n) is 5.05. The molecule has 3 heteroatoms. The first kappa shape index (κ1) is 14.7. The fourth-order valence-electron chi connectivity index (χ4n) is 1.91. The van der Waals surface area contributed by atoms with Crippen LogP contribution in [0.4, 0.5) is 4.39 Å². The zero-order chi connectivity index (χ0) is 13.5. The molecule has 0 aliphatic rings. The van der Waals surface area contributed by atoms with E-state index in [1.807, 2.05) is 12.1 Å². The second kappa shape index (κ2) is 7.14. The summed E-state index contributed by atoms with van der Waals surface area (Å²) in [7, 11) is 0. The second-order valence-corrected chi connectivity index (χ2v) is 5.05. The van der Waals surface area contributed by atoms with E-state index in [-0.39, 0.29) is 11.7 Å². The third-order valence-corrected chi connectivity index (χ3v) is 3.38. The minimum absolute atomic E-state index is 0.149. The molecule has 0 aliphatic heterocycles. The monoisotopic (exact) mass is 252 g/mol. The summed E-state index contributed by atoms with van der Waals surface area (Å²) in [5, 5.41) is 8.79. The molecule has 0 aliphatic carbocycles. The molecule has 1 aromatic carbocycles. The van der Waals surface area contributed by atoms with Gasteiger partial charge < -0.3 is 5.11 Å². The van der Waals surface area contributed by atoms with E-state index in [0.717, 1.165) is 24.8 Å². The van der Waals surface area contributed by atoms with Crippen molar-refractivity contribution in [1.82, 2.24) is 0 Å². The molecule has 0 aromatic heterocycles. The summed E-state index contributed by atoms with van der Waals surface area (Å²) in [6.07, 6.45) is 3.18. The molecule has 0 saturated heterocycles. The average molecular weight is 252 g/mol. The van der Waals surface area contributed by atoms with Crippen LogP contribution in [0.2, 0.25) is 0 Å². The Morgan fingerprint density at radius 3 is 2.50 bits per heavy atom. The van der Waals surface area contributed by atoms with Crippen LogP contribution in [-0.4, -0.2) is 11.1 Å². The fraction of sp³-hybridized carbons (Fsp3) is 0.533. The predicted octanol–water partition coefficient (Wildman–Crippen LogP) is 3.90. The maximum Gasteiger partial charge on any atom is 0.306 e. The van der Waals surface area contributed by atoms with Crippen molar-refractivity contribution in [1.29, 1.82) is 0 Å². The van der Waals surface area contributed by atoms with Crippen molar-refractivity contribution in [3.05, 3.63) is 35.6 Å². The van der Waals surface area contributed by atoms with Gasteiger partial charge in [-0.1, -0.05) is 32.0 Å². The molecule has 2 unspecified atom stereocenters. The highest BCUT2D eigenvalue weighted by atomic mass is 19.1. The number of rotatable bonds is 7. The molecule has 0 heterocycles. The third-order valence-electron chi connectivity index (χ3n) is 3.38. The molecule has 18 heavy (non-hydrogen) atoms. The molecule has 1 rings (SSSR count). The van der Waals surface area contributed by atoms with E-state index in [4.69, 9.17) is 5.11 Å². The molecule has 2 nitrogen and oxygen atoms in total. The summed E-state index contributed by atoms with van der Waals surface area (Å²) in [4.78, 5) is 10.7. The van der Waals surface area contributed by atoms with Crippen molar-refractivity contribution >= 4 is 5.97 Å². The molecule has 1 N–H and O–H groups in total. The summed E-state index contributed by atoms with van der Waals surface area (Å²) in [6, 6.07) is 6.82. The van der Waals surface area contributed by atoms with Gasteiger partial charge in [0.2, 0.25) is 0 Å². The number of hydrogen-bond acceptors (Lipinski definition) is 1. The molecule has 0 bridgehead atoms. The molecule has 0 saturated carbocycles. The zero-order valence-electron chi connectivity index (χ0n) is 11.0. The van der Waals surface area contributed by atoms with E-state index in [9.17, 15) is 9.18 Å². The lowest BCUT2D eigenvalue weighted by Crippen LogP contribution is -2.11. The number of carboxylic acids is 1. The van der Waals surface area contributed by atoms with E-state index in [0.29, 0.717) is 12.3 Å². The Labute approximate surface area is 108 Å². The Morgan fingerprint density at radius 1 is 1.22 bits per heavy atom. The van der Waals surface area contributed by atoms with Crippen LogP contribution >= 0.6 is 0 Å². The predicted molar refractivity (Wildman–Crippen MR) is 69.9 cm³/mol. The highest BCUT2D eigenvalue weighted by Gasteiger charge is 2.13. The SMILES string of the molecule is CC(CCc1ccccc1F)CCC(C)C(=O)O. The van der Waals surface area contributed by atoms with Crippen LogP contribution in [0.1, 0.15) is 38.7 Å². The van der Waals surface area contributed by atoms with Crippen LogP contribution in [0.5, 0.6) is 0 Å². The maximum absolute atomic E-state index is 13.4. The number of aryl methyl sites for hydroxylation is 1. The third kappa shape index (κ3) is 4.86. The van der Waals surface area contributed by atoms with Crippen molar-refractivity contribution in [2.24, 2.45) is 11.8 Å². The van der Waals surface area contributed by atoms with Crippen LogP contribution in [0.25, 0.3) is 0 Å². The van der Waals surface area contributed by atoms with E-state index >= 15 is 0 Å². The normalized spacial score (nSPS) is 14.2. The van der Waals surface area contributed by atoms with Gasteiger partial charge in [-0.25, -0.2) is 4.39 Å². The summed E-state index contributed by atoms with van der Waals surface area (Å²) in [6.45, 7) is 3.82. The van der Waals surface area contributed by atoms with E-state index in [1.54, 1.807) is 13.0 Å². The van der Waals surface area contributed by atoms with Gasteiger partial charge >= 0.3 is 5.97 Å². The summed E-state index contributed by atoms with van der Waals surface area (Å²) < 4.78 is 13.4. The Hall–Kier alpha value is -1.38. The molecule has 0 radical (unpaired) electrons. The molecule has 2 atom stereocenters. The molecular formula is C15H21FO2. The maximum atomic E-state index is 13.4. The van der Waals surface area contributed by atoms with E-state index < -0.39 is 5.97 Å². The van der Waals surface area contributed by atoms with Crippen molar-refractivity contribution < 1.29 is 14.3 Å². The summed E-state index contributed by atoms with van der Waals surface area (Å²) in [5.41, 5.74) is 0.746. The van der Waals surface area contributed by atoms with Gasteiger partial charge in [0.15, 0.2) is 0 Å². The van der Waals surface area contributed by atoms with Gasteiger partial charge in [0.1, 0.15) is 5.82 Å². The van der Waals surface area contributed by atoms with Crippen LogP contribution < -0.4 is 0 Å². The van der Waals surface area contributed by atoms with Gasteiger partial charge in [-0.15, -0.1) is 0 Å². The van der Waals surface area contributed by atoms with Crippen LogP contribution in [-0.2, 0) is 11.2 Å².